The zero-order valence-electron chi connectivity index (χ0n) is 14.3. The number of amides is 2. The highest BCUT2D eigenvalue weighted by molar-refractivity contribution is 5.74. The van der Waals surface area contributed by atoms with Gasteiger partial charge in [0.1, 0.15) is 5.82 Å². The second-order valence-corrected chi connectivity index (χ2v) is 6.35. The molecule has 1 aromatic carbocycles. The maximum atomic E-state index is 12.1. The van der Waals surface area contributed by atoms with Gasteiger partial charge >= 0.3 is 6.03 Å². The van der Waals surface area contributed by atoms with E-state index >= 15 is 0 Å². The fourth-order valence-corrected chi connectivity index (χ4v) is 3.02. The summed E-state index contributed by atoms with van der Waals surface area (Å²) in [6.07, 6.45) is 2.61. The molecule has 4 N–H and O–H groups in total. The molecule has 2 aromatic rings. The third kappa shape index (κ3) is 4.48. The number of rotatable bonds is 6. The Hall–Kier alpha value is -2.60. The average molecular weight is 340 g/mol. The molecule has 25 heavy (non-hydrogen) atoms. The van der Waals surface area contributed by atoms with Crippen LogP contribution in [-0.2, 0) is 6.42 Å². The van der Waals surface area contributed by atoms with Crippen LogP contribution in [0.1, 0.15) is 29.2 Å². The summed E-state index contributed by atoms with van der Waals surface area (Å²) in [4.78, 5) is 16.3. The van der Waals surface area contributed by atoms with E-state index in [-0.39, 0.29) is 12.1 Å². The van der Waals surface area contributed by atoms with Crippen LogP contribution in [0.2, 0.25) is 0 Å². The van der Waals surface area contributed by atoms with E-state index in [2.05, 4.69) is 20.9 Å². The third-order valence-corrected chi connectivity index (χ3v) is 4.35. The second kappa shape index (κ2) is 7.98. The van der Waals surface area contributed by atoms with Gasteiger partial charge in [0.2, 0.25) is 0 Å². The molecule has 3 rings (SSSR count). The first-order chi connectivity index (χ1) is 12.1. The van der Waals surface area contributed by atoms with Crippen LogP contribution >= 0.6 is 0 Å². The number of hydrogen-bond donors (Lipinski definition) is 4. The summed E-state index contributed by atoms with van der Waals surface area (Å²) in [5.74, 6) is 0.834. The van der Waals surface area contributed by atoms with E-state index in [4.69, 9.17) is 0 Å². The molecule has 0 radical (unpaired) electrons. The van der Waals surface area contributed by atoms with Gasteiger partial charge < -0.3 is 21.1 Å². The number of aromatic nitrogens is 1. The van der Waals surface area contributed by atoms with Gasteiger partial charge in [0, 0.05) is 25.7 Å². The predicted molar refractivity (Wildman–Crippen MR) is 97.5 cm³/mol. The van der Waals surface area contributed by atoms with Crippen LogP contribution in [0.15, 0.2) is 42.6 Å². The summed E-state index contributed by atoms with van der Waals surface area (Å²) in [6, 6.07) is 11.2. The third-order valence-electron chi connectivity index (χ3n) is 4.35. The number of urea groups is 1. The van der Waals surface area contributed by atoms with Gasteiger partial charge in [-0.1, -0.05) is 30.3 Å². The number of fused-ring (bicyclic) bond motifs is 1. The van der Waals surface area contributed by atoms with Crippen molar-refractivity contribution in [3.8, 4) is 0 Å². The summed E-state index contributed by atoms with van der Waals surface area (Å²) in [6.45, 7) is 3.28. The van der Waals surface area contributed by atoms with Crippen LogP contribution in [0.5, 0.6) is 0 Å². The Morgan fingerprint density at radius 1 is 1.24 bits per heavy atom. The van der Waals surface area contributed by atoms with Gasteiger partial charge in [-0.05, 0) is 36.1 Å². The molecule has 1 aliphatic carbocycles. The van der Waals surface area contributed by atoms with Crippen molar-refractivity contribution in [2.24, 2.45) is 0 Å². The van der Waals surface area contributed by atoms with Crippen molar-refractivity contribution in [3.63, 3.8) is 0 Å². The smallest absolute Gasteiger partial charge is 0.315 e. The molecular formula is C19H24N4O2. The molecule has 2 atom stereocenters. The van der Waals surface area contributed by atoms with Crippen LogP contribution in [0, 0.1) is 6.92 Å². The molecular weight excluding hydrogens is 316 g/mol. The Bertz CT molecular complexity index is 718. The number of carbonyl (C=O) groups excluding carboxylic acids is 1. The average Bonchev–Trinajstić information content (AvgIpc) is 2.92. The number of benzene rings is 1. The summed E-state index contributed by atoms with van der Waals surface area (Å²) in [5, 5.41) is 19.1. The van der Waals surface area contributed by atoms with Gasteiger partial charge in [0.15, 0.2) is 0 Å². The second-order valence-electron chi connectivity index (χ2n) is 6.35. The van der Waals surface area contributed by atoms with Crippen molar-refractivity contribution >= 4 is 11.8 Å². The van der Waals surface area contributed by atoms with Gasteiger partial charge in [-0.25, -0.2) is 9.78 Å². The van der Waals surface area contributed by atoms with Crippen molar-refractivity contribution in [1.82, 2.24) is 15.6 Å². The number of aliphatic hydroxyl groups is 1. The topological polar surface area (TPSA) is 86.3 Å². The van der Waals surface area contributed by atoms with Gasteiger partial charge in [-0.3, -0.25) is 0 Å². The van der Waals surface area contributed by atoms with Crippen LogP contribution in [0.3, 0.4) is 0 Å². The summed E-state index contributed by atoms with van der Waals surface area (Å²) >= 11 is 0. The minimum atomic E-state index is -0.572. The molecule has 6 heteroatoms. The van der Waals surface area contributed by atoms with Gasteiger partial charge in [0.05, 0.1) is 12.1 Å². The highest BCUT2D eigenvalue weighted by atomic mass is 16.3. The van der Waals surface area contributed by atoms with E-state index in [0.29, 0.717) is 13.0 Å². The van der Waals surface area contributed by atoms with Crippen molar-refractivity contribution in [2.75, 3.05) is 18.4 Å². The number of aryl methyl sites for hydroxylation is 1. The minimum absolute atomic E-state index is 0.255. The normalized spacial score (nSPS) is 18.5. The molecule has 1 aliphatic rings. The largest absolute Gasteiger partial charge is 0.390 e. The molecule has 0 spiro atoms. The SMILES string of the molecule is Cc1ccc(NCCCNC(=O)N[C@H]2c3ccccc3C[C@H]2O)nc1. The van der Waals surface area contributed by atoms with E-state index in [9.17, 15) is 9.90 Å². The Kier molecular flexibility index (Phi) is 5.50. The van der Waals surface area contributed by atoms with Gasteiger partial charge in [0.25, 0.3) is 0 Å². The fourth-order valence-electron chi connectivity index (χ4n) is 3.02. The molecule has 0 unspecified atom stereocenters. The summed E-state index contributed by atoms with van der Waals surface area (Å²) < 4.78 is 0. The lowest BCUT2D eigenvalue weighted by molar-refractivity contribution is 0.142. The quantitative estimate of drug-likeness (QED) is 0.607. The van der Waals surface area contributed by atoms with E-state index in [1.165, 1.54) is 0 Å². The Balaban J connectivity index is 1.38. The minimum Gasteiger partial charge on any atom is -0.390 e. The van der Waals surface area contributed by atoms with Crippen LogP contribution in [0.25, 0.3) is 0 Å². The van der Waals surface area contributed by atoms with E-state index in [1.54, 1.807) is 0 Å². The van der Waals surface area contributed by atoms with E-state index in [1.807, 2.05) is 49.5 Å². The number of carbonyl (C=O) groups is 1. The highest BCUT2D eigenvalue weighted by Crippen LogP contribution is 2.30. The molecule has 2 amide bonds. The number of aliphatic hydroxyl groups excluding tert-OH is 1. The number of nitrogens with one attached hydrogen (secondary N) is 3. The Morgan fingerprint density at radius 2 is 2.08 bits per heavy atom. The van der Waals surface area contributed by atoms with Crippen molar-refractivity contribution in [1.29, 1.82) is 0 Å². The van der Waals surface area contributed by atoms with Crippen LogP contribution in [0.4, 0.5) is 10.6 Å². The van der Waals surface area contributed by atoms with Crippen molar-refractivity contribution in [2.45, 2.75) is 31.9 Å². The Labute approximate surface area is 147 Å². The number of anilines is 1. The molecule has 0 aliphatic heterocycles. The zero-order chi connectivity index (χ0) is 17.6. The lowest BCUT2D eigenvalue weighted by Gasteiger charge is -2.18. The number of pyridine rings is 1. The first kappa shape index (κ1) is 17.2. The maximum Gasteiger partial charge on any atom is 0.315 e. The monoisotopic (exact) mass is 340 g/mol. The lowest BCUT2D eigenvalue weighted by Crippen LogP contribution is -2.41. The summed E-state index contributed by atoms with van der Waals surface area (Å²) in [7, 11) is 0. The van der Waals surface area contributed by atoms with Crippen molar-refractivity contribution < 1.29 is 9.90 Å². The van der Waals surface area contributed by atoms with E-state index < -0.39 is 6.10 Å². The van der Waals surface area contributed by atoms with Gasteiger partial charge in [-0.15, -0.1) is 0 Å². The van der Waals surface area contributed by atoms with Crippen LogP contribution < -0.4 is 16.0 Å². The zero-order valence-corrected chi connectivity index (χ0v) is 14.3. The molecule has 0 fully saturated rings. The summed E-state index contributed by atoms with van der Waals surface area (Å²) in [5.41, 5.74) is 3.21. The standard InChI is InChI=1S/C19H24N4O2/c1-13-7-8-17(22-12-13)20-9-4-10-21-19(25)23-18-15-6-3-2-5-14(15)11-16(18)24/h2-3,5-8,12,16,18,24H,4,9-11H2,1H3,(H,20,22)(H2,21,23,25)/t16-,18+/m1/s1. The maximum absolute atomic E-state index is 12.1. The lowest BCUT2D eigenvalue weighted by atomic mass is 10.1. The molecule has 1 heterocycles. The number of nitrogens with zero attached hydrogens (tertiary/aromatic N) is 1. The highest BCUT2D eigenvalue weighted by Gasteiger charge is 2.31. The van der Waals surface area contributed by atoms with E-state index in [0.717, 1.165) is 35.5 Å². The molecule has 0 bridgehead atoms. The van der Waals surface area contributed by atoms with Gasteiger partial charge in [-0.2, -0.15) is 0 Å². The number of hydrogen-bond acceptors (Lipinski definition) is 4. The first-order valence-electron chi connectivity index (χ1n) is 8.60. The molecule has 132 valence electrons. The molecule has 0 saturated heterocycles. The fraction of sp³-hybridized carbons (Fsp3) is 0.368. The predicted octanol–water partition coefficient (Wildman–Crippen LogP) is 2.15. The van der Waals surface area contributed by atoms with Crippen molar-refractivity contribution in [3.05, 3.63) is 59.3 Å². The Morgan fingerprint density at radius 3 is 2.88 bits per heavy atom. The molecule has 6 nitrogen and oxygen atoms in total. The van der Waals surface area contributed by atoms with Crippen LogP contribution in [-0.4, -0.2) is 35.3 Å². The first-order valence-corrected chi connectivity index (χ1v) is 8.60. The molecule has 0 saturated carbocycles. The molecule has 1 aromatic heterocycles.